The van der Waals surface area contributed by atoms with Gasteiger partial charge in [-0.15, -0.1) is 12.4 Å². The van der Waals surface area contributed by atoms with Crippen LogP contribution < -0.4 is 16.4 Å². The van der Waals surface area contributed by atoms with Gasteiger partial charge < -0.3 is 16.4 Å². The van der Waals surface area contributed by atoms with Gasteiger partial charge in [0.25, 0.3) is 11.6 Å². The second-order valence-electron chi connectivity index (χ2n) is 5.00. The van der Waals surface area contributed by atoms with Crippen LogP contribution in [0.2, 0.25) is 0 Å². The first-order chi connectivity index (χ1) is 9.49. The van der Waals surface area contributed by atoms with Crippen LogP contribution in [0.3, 0.4) is 0 Å². The smallest absolute Gasteiger partial charge is 0.292 e. The molecule has 0 bridgehead atoms. The number of nitrogen functional groups attached to an aromatic ring is 1. The molecule has 4 N–H and O–H groups in total. The third-order valence-electron chi connectivity index (χ3n) is 3.57. The number of nitrogens with two attached hydrogens (primary N) is 1. The maximum atomic E-state index is 12.1. The molecule has 8 heteroatoms. The van der Waals surface area contributed by atoms with Crippen LogP contribution in [0.4, 0.5) is 11.4 Å². The molecule has 1 aliphatic heterocycles. The van der Waals surface area contributed by atoms with Gasteiger partial charge in [-0.25, -0.2) is 0 Å². The molecule has 1 fully saturated rings. The molecule has 1 amide bonds. The number of anilines is 1. The molecule has 116 valence electrons. The minimum absolute atomic E-state index is 0. The van der Waals surface area contributed by atoms with Gasteiger partial charge in [0.05, 0.1) is 4.92 Å². The Kier molecular flexibility index (Phi) is 5.92. The number of hydrogen-bond acceptors (Lipinski definition) is 5. The summed E-state index contributed by atoms with van der Waals surface area (Å²) in [6, 6.07) is 4.32. The number of amides is 1. The summed E-state index contributed by atoms with van der Waals surface area (Å²) in [6.45, 7) is 2.95. The summed E-state index contributed by atoms with van der Waals surface area (Å²) in [5.41, 5.74) is 5.58. The Morgan fingerprint density at radius 2 is 2.24 bits per heavy atom. The predicted octanol–water partition coefficient (Wildman–Crippen LogP) is 1.47. The van der Waals surface area contributed by atoms with E-state index in [2.05, 4.69) is 10.6 Å². The number of hydrogen-bond donors (Lipinski definition) is 3. The second-order valence-corrected chi connectivity index (χ2v) is 5.00. The van der Waals surface area contributed by atoms with Crippen LogP contribution >= 0.6 is 12.4 Å². The highest BCUT2D eigenvalue weighted by atomic mass is 35.5. The fourth-order valence-electron chi connectivity index (χ4n) is 2.34. The number of nitrogens with zero attached hydrogens (tertiary/aromatic N) is 1. The van der Waals surface area contributed by atoms with E-state index in [-0.39, 0.29) is 47.3 Å². The van der Waals surface area contributed by atoms with Crippen molar-refractivity contribution in [3.05, 3.63) is 33.9 Å². The van der Waals surface area contributed by atoms with Crippen molar-refractivity contribution in [3.63, 3.8) is 0 Å². The van der Waals surface area contributed by atoms with Crippen molar-refractivity contribution in [3.8, 4) is 0 Å². The topological polar surface area (TPSA) is 110 Å². The van der Waals surface area contributed by atoms with E-state index in [1.807, 2.05) is 6.92 Å². The first kappa shape index (κ1) is 17.2. The fraction of sp³-hybridized carbons (Fsp3) is 0.462. The fourth-order valence-corrected chi connectivity index (χ4v) is 2.34. The summed E-state index contributed by atoms with van der Waals surface area (Å²) in [6.07, 6.45) is 1.90. The molecule has 0 aromatic heterocycles. The Labute approximate surface area is 128 Å². The van der Waals surface area contributed by atoms with E-state index in [1.165, 1.54) is 18.2 Å². The van der Waals surface area contributed by atoms with Crippen molar-refractivity contribution in [1.82, 2.24) is 10.6 Å². The Balaban J connectivity index is 0.00000220. The number of nitrogens with one attached hydrogen (secondary N) is 2. The van der Waals surface area contributed by atoms with E-state index in [4.69, 9.17) is 5.73 Å². The monoisotopic (exact) mass is 314 g/mol. The van der Waals surface area contributed by atoms with Crippen molar-refractivity contribution in [2.24, 2.45) is 0 Å². The minimum Gasteiger partial charge on any atom is -0.393 e. The van der Waals surface area contributed by atoms with Gasteiger partial charge in [-0.05, 0) is 38.4 Å². The van der Waals surface area contributed by atoms with Crippen molar-refractivity contribution in [2.45, 2.75) is 31.8 Å². The molecule has 7 nitrogen and oxygen atoms in total. The van der Waals surface area contributed by atoms with Crippen LogP contribution in [0.5, 0.6) is 0 Å². The molecule has 2 atom stereocenters. The zero-order valence-electron chi connectivity index (χ0n) is 11.7. The number of nitro groups is 1. The van der Waals surface area contributed by atoms with Crippen molar-refractivity contribution < 1.29 is 9.72 Å². The lowest BCUT2D eigenvalue weighted by Crippen LogP contribution is -2.51. The average molecular weight is 315 g/mol. The van der Waals surface area contributed by atoms with E-state index < -0.39 is 4.92 Å². The molecule has 1 heterocycles. The van der Waals surface area contributed by atoms with Crippen LogP contribution in [-0.2, 0) is 0 Å². The maximum absolute atomic E-state index is 12.1. The summed E-state index contributed by atoms with van der Waals surface area (Å²) >= 11 is 0. The third kappa shape index (κ3) is 4.05. The molecule has 2 rings (SSSR count). The zero-order chi connectivity index (χ0) is 14.7. The summed E-state index contributed by atoms with van der Waals surface area (Å²) < 4.78 is 0. The van der Waals surface area contributed by atoms with Crippen LogP contribution in [0.15, 0.2) is 18.2 Å². The molecule has 0 saturated carbocycles. The summed E-state index contributed by atoms with van der Waals surface area (Å²) in [5.74, 6) is -0.311. The Morgan fingerprint density at radius 3 is 2.86 bits per heavy atom. The highest BCUT2D eigenvalue weighted by molar-refractivity contribution is 5.95. The number of piperidine rings is 1. The normalized spacial score (nSPS) is 21.2. The zero-order valence-corrected chi connectivity index (χ0v) is 12.5. The Hall–Kier alpha value is -1.86. The van der Waals surface area contributed by atoms with E-state index >= 15 is 0 Å². The lowest BCUT2D eigenvalue weighted by atomic mass is 9.99. The van der Waals surface area contributed by atoms with Crippen LogP contribution in [0.25, 0.3) is 0 Å². The molecular formula is C13H19ClN4O3. The Bertz CT molecular complexity index is 538. The molecule has 1 aliphatic rings. The summed E-state index contributed by atoms with van der Waals surface area (Å²) in [5, 5.41) is 17.0. The molecule has 0 aliphatic carbocycles. The van der Waals surface area contributed by atoms with Crippen LogP contribution in [0, 0.1) is 10.1 Å². The third-order valence-corrected chi connectivity index (χ3v) is 3.57. The van der Waals surface area contributed by atoms with E-state index in [0.29, 0.717) is 0 Å². The van der Waals surface area contributed by atoms with Gasteiger partial charge in [-0.1, -0.05) is 0 Å². The number of rotatable bonds is 3. The van der Waals surface area contributed by atoms with Crippen LogP contribution in [-0.4, -0.2) is 29.5 Å². The van der Waals surface area contributed by atoms with Crippen molar-refractivity contribution in [1.29, 1.82) is 0 Å². The molecule has 0 radical (unpaired) electrons. The van der Waals surface area contributed by atoms with Crippen LogP contribution in [0.1, 0.15) is 30.1 Å². The van der Waals surface area contributed by atoms with Crippen molar-refractivity contribution in [2.75, 3.05) is 12.3 Å². The first-order valence-electron chi connectivity index (χ1n) is 6.57. The van der Waals surface area contributed by atoms with Gasteiger partial charge in [0.15, 0.2) is 0 Å². The predicted molar refractivity (Wildman–Crippen MR) is 82.7 cm³/mol. The van der Waals surface area contributed by atoms with Gasteiger partial charge >= 0.3 is 0 Å². The Morgan fingerprint density at radius 1 is 1.52 bits per heavy atom. The summed E-state index contributed by atoms with van der Waals surface area (Å²) in [4.78, 5) is 22.4. The van der Waals surface area contributed by atoms with E-state index in [0.717, 1.165) is 19.4 Å². The highest BCUT2D eigenvalue weighted by Gasteiger charge is 2.24. The minimum atomic E-state index is -0.586. The molecule has 1 aromatic carbocycles. The number of nitro benzene ring substituents is 1. The van der Waals surface area contributed by atoms with Gasteiger partial charge in [0, 0.05) is 23.7 Å². The number of benzene rings is 1. The van der Waals surface area contributed by atoms with E-state index in [1.54, 1.807) is 0 Å². The average Bonchev–Trinajstić information content (AvgIpc) is 2.41. The van der Waals surface area contributed by atoms with Gasteiger partial charge in [-0.3, -0.25) is 14.9 Å². The molecule has 21 heavy (non-hydrogen) atoms. The standard InChI is InChI=1S/C13H18N4O3.ClH/c1-8-11(3-2-6-15-8)16-13(18)9-4-5-10(14)12(7-9)17(19)20;/h4-5,7-8,11,15H,2-3,6,14H2,1H3,(H,16,18);1H. The van der Waals surface area contributed by atoms with Gasteiger partial charge in [0.2, 0.25) is 0 Å². The number of carbonyl (C=O) groups is 1. The molecule has 2 unspecified atom stereocenters. The van der Waals surface area contributed by atoms with Crippen molar-refractivity contribution >= 4 is 29.7 Å². The number of halogens is 1. The largest absolute Gasteiger partial charge is 0.393 e. The molecular weight excluding hydrogens is 296 g/mol. The lowest BCUT2D eigenvalue weighted by Gasteiger charge is -2.30. The van der Waals surface area contributed by atoms with Gasteiger partial charge in [-0.2, -0.15) is 0 Å². The van der Waals surface area contributed by atoms with Gasteiger partial charge in [0.1, 0.15) is 5.69 Å². The summed E-state index contributed by atoms with van der Waals surface area (Å²) in [7, 11) is 0. The highest BCUT2D eigenvalue weighted by Crippen LogP contribution is 2.22. The first-order valence-corrected chi connectivity index (χ1v) is 6.57. The molecule has 0 spiro atoms. The SMILES string of the molecule is CC1NCCCC1NC(=O)c1ccc(N)c([N+](=O)[O-])c1.Cl. The quantitative estimate of drug-likeness (QED) is 0.444. The maximum Gasteiger partial charge on any atom is 0.292 e. The number of carbonyl (C=O) groups excluding carboxylic acids is 1. The second kappa shape index (κ2) is 7.24. The lowest BCUT2D eigenvalue weighted by molar-refractivity contribution is -0.383. The molecule has 1 aromatic rings. The molecule has 1 saturated heterocycles. The van der Waals surface area contributed by atoms with E-state index in [9.17, 15) is 14.9 Å².